The molecule has 0 unspecified atom stereocenters. The van der Waals surface area contributed by atoms with Gasteiger partial charge >= 0.3 is 0 Å². The first kappa shape index (κ1) is 13.9. The predicted octanol–water partition coefficient (Wildman–Crippen LogP) is 2.84. The average molecular weight is 273 g/mol. The number of aryl methyl sites for hydroxylation is 1. The number of nitrogens with two attached hydrogens (primary N) is 1. The van der Waals surface area contributed by atoms with Crippen molar-refractivity contribution in [1.82, 2.24) is 0 Å². The fourth-order valence-electron chi connectivity index (χ4n) is 1.82. The van der Waals surface area contributed by atoms with Crippen LogP contribution in [-0.4, -0.2) is 11.0 Å². The normalized spacial score (nSPS) is 11.4. The molecule has 0 aliphatic rings. The Morgan fingerprint density at radius 2 is 1.95 bits per heavy atom. The number of benzene rings is 2. The Kier molecular flexibility index (Phi) is 4.20. The fraction of sp³-hybridized carbons (Fsp3) is 0.133. The molecule has 0 saturated carbocycles. The summed E-state index contributed by atoms with van der Waals surface area (Å²) in [6.45, 7) is 2.41. The highest BCUT2D eigenvalue weighted by Crippen LogP contribution is 2.16. The van der Waals surface area contributed by atoms with Crippen molar-refractivity contribution >= 4 is 11.5 Å². The Labute approximate surface area is 116 Å². The molecule has 0 aromatic heterocycles. The Bertz CT molecular complexity index is 624. The lowest BCUT2D eigenvalue weighted by molar-refractivity contribution is 0.318. The summed E-state index contributed by atoms with van der Waals surface area (Å²) in [6, 6.07) is 12.1. The summed E-state index contributed by atoms with van der Waals surface area (Å²) >= 11 is 0. The maximum Gasteiger partial charge on any atom is 0.170 e. The number of amidine groups is 1. The van der Waals surface area contributed by atoms with Crippen LogP contribution in [0, 0.1) is 12.7 Å². The van der Waals surface area contributed by atoms with Crippen LogP contribution in [0.15, 0.2) is 47.6 Å². The van der Waals surface area contributed by atoms with Crippen LogP contribution >= 0.6 is 0 Å². The molecular weight excluding hydrogens is 257 g/mol. The molecule has 104 valence electrons. The zero-order chi connectivity index (χ0) is 14.5. The molecule has 0 aliphatic carbocycles. The minimum Gasteiger partial charge on any atom is -0.409 e. The molecule has 0 saturated heterocycles. The Balaban J connectivity index is 2.06. The van der Waals surface area contributed by atoms with E-state index in [1.54, 1.807) is 24.3 Å². The van der Waals surface area contributed by atoms with Gasteiger partial charge in [0.15, 0.2) is 5.84 Å². The second kappa shape index (κ2) is 6.06. The summed E-state index contributed by atoms with van der Waals surface area (Å²) < 4.78 is 13.6. The van der Waals surface area contributed by atoms with E-state index in [-0.39, 0.29) is 11.7 Å². The quantitative estimate of drug-likeness (QED) is 0.347. The van der Waals surface area contributed by atoms with E-state index in [0.29, 0.717) is 17.8 Å². The van der Waals surface area contributed by atoms with Gasteiger partial charge in [-0.3, -0.25) is 0 Å². The Hall–Kier alpha value is -2.56. The molecule has 0 heterocycles. The van der Waals surface area contributed by atoms with Crippen molar-refractivity contribution in [2.45, 2.75) is 13.5 Å². The summed E-state index contributed by atoms with van der Waals surface area (Å²) in [6.07, 6.45) is 0. The van der Waals surface area contributed by atoms with E-state index >= 15 is 0 Å². The highest BCUT2D eigenvalue weighted by Gasteiger charge is 2.03. The van der Waals surface area contributed by atoms with Crippen LogP contribution in [0.4, 0.5) is 10.1 Å². The predicted molar refractivity (Wildman–Crippen MR) is 77.4 cm³/mol. The molecule has 0 bridgehead atoms. The zero-order valence-electron chi connectivity index (χ0n) is 11.1. The molecule has 5 heteroatoms. The number of rotatable bonds is 4. The lowest BCUT2D eigenvalue weighted by atomic mass is 10.1. The maximum absolute atomic E-state index is 13.6. The summed E-state index contributed by atoms with van der Waals surface area (Å²) in [5.74, 6) is -0.210. The van der Waals surface area contributed by atoms with E-state index in [4.69, 9.17) is 10.9 Å². The van der Waals surface area contributed by atoms with E-state index in [1.807, 2.05) is 19.1 Å². The summed E-state index contributed by atoms with van der Waals surface area (Å²) in [7, 11) is 0. The monoisotopic (exact) mass is 273 g/mol. The van der Waals surface area contributed by atoms with Gasteiger partial charge in [-0.2, -0.15) is 0 Å². The van der Waals surface area contributed by atoms with Crippen LogP contribution in [0.25, 0.3) is 0 Å². The van der Waals surface area contributed by atoms with Crippen molar-refractivity contribution in [3.05, 3.63) is 65.0 Å². The molecule has 0 fully saturated rings. The van der Waals surface area contributed by atoms with Crippen LogP contribution in [0.3, 0.4) is 0 Å². The third kappa shape index (κ3) is 3.26. The van der Waals surface area contributed by atoms with Crippen molar-refractivity contribution in [3.8, 4) is 0 Å². The van der Waals surface area contributed by atoms with Crippen molar-refractivity contribution in [2.24, 2.45) is 10.9 Å². The van der Waals surface area contributed by atoms with Crippen LogP contribution in [0.1, 0.15) is 16.7 Å². The number of anilines is 1. The topological polar surface area (TPSA) is 70.6 Å². The van der Waals surface area contributed by atoms with Crippen LogP contribution in [0.2, 0.25) is 0 Å². The number of hydrogen-bond acceptors (Lipinski definition) is 3. The van der Waals surface area contributed by atoms with Gasteiger partial charge in [0, 0.05) is 12.1 Å². The van der Waals surface area contributed by atoms with Gasteiger partial charge in [0.25, 0.3) is 0 Å². The van der Waals surface area contributed by atoms with Crippen molar-refractivity contribution < 1.29 is 9.60 Å². The van der Waals surface area contributed by atoms with Gasteiger partial charge in [-0.05, 0) is 30.2 Å². The fourth-order valence-corrected chi connectivity index (χ4v) is 1.82. The van der Waals surface area contributed by atoms with Crippen LogP contribution < -0.4 is 11.1 Å². The molecule has 4 nitrogen and oxygen atoms in total. The third-order valence-corrected chi connectivity index (χ3v) is 2.96. The van der Waals surface area contributed by atoms with Gasteiger partial charge < -0.3 is 16.3 Å². The van der Waals surface area contributed by atoms with Crippen LogP contribution in [0.5, 0.6) is 0 Å². The third-order valence-electron chi connectivity index (χ3n) is 2.96. The molecule has 0 radical (unpaired) electrons. The lowest BCUT2D eigenvalue weighted by Gasteiger charge is -2.09. The van der Waals surface area contributed by atoms with E-state index in [9.17, 15) is 4.39 Å². The molecule has 20 heavy (non-hydrogen) atoms. The molecule has 2 rings (SSSR count). The number of oxime groups is 1. The van der Waals surface area contributed by atoms with Crippen molar-refractivity contribution in [2.75, 3.05) is 5.32 Å². The molecule has 0 atom stereocenters. The average Bonchev–Trinajstić information content (AvgIpc) is 2.48. The number of hydrogen-bond donors (Lipinski definition) is 3. The molecular formula is C15H16FN3O. The standard InChI is InChI=1S/C15H16FN3O/c1-10-2-7-13(16)14(8-10)18-9-11-3-5-12(6-4-11)15(17)19-20/h2-8,18,20H,9H2,1H3,(H2,17,19). The van der Waals surface area contributed by atoms with Gasteiger partial charge in [-0.15, -0.1) is 0 Å². The van der Waals surface area contributed by atoms with Gasteiger partial charge in [-0.1, -0.05) is 35.5 Å². The van der Waals surface area contributed by atoms with Gasteiger partial charge in [0.05, 0.1) is 5.69 Å². The minimum atomic E-state index is -0.274. The zero-order valence-corrected chi connectivity index (χ0v) is 11.1. The van der Waals surface area contributed by atoms with E-state index in [2.05, 4.69) is 10.5 Å². The van der Waals surface area contributed by atoms with E-state index in [0.717, 1.165) is 11.1 Å². The molecule has 0 amide bonds. The summed E-state index contributed by atoms with van der Waals surface area (Å²) in [5.41, 5.74) is 8.56. The SMILES string of the molecule is Cc1ccc(F)c(NCc2ccc(C(N)=NO)cc2)c1. The summed E-state index contributed by atoms with van der Waals surface area (Å²) in [4.78, 5) is 0. The molecule has 4 N–H and O–H groups in total. The second-order valence-corrected chi connectivity index (χ2v) is 4.52. The number of halogens is 1. The molecule has 0 aliphatic heterocycles. The largest absolute Gasteiger partial charge is 0.409 e. The Morgan fingerprint density at radius 1 is 1.25 bits per heavy atom. The maximum atomic E-state index is 13.6. The molecule has 2 aromatic rings. The van der Waals surface area contributed by atoms with Crippen molar-refractivity contribution in [3.63, 3.8) is 0 Å². The lowest BCUT2D eigenvalue weighted by Crippen LogP contribution is -2.13. The van der Waals surface area contributed by atoms with Gasteiger partial charge in [0.1, 0.15) is 5.82 Å². The highest BCUT2D eigenvalue weighted by molar-refractivity contribution is 5.96. The first-order valence-corrected chi connectivity index (χ1v) is 6.17. The summed E-state index contributed by atoms with van der Waals surface area (Å²) in [5, 5.41) is 14.6. The molecule has 2 aromatic carbocycles. The highest BCUT2D eigenvalue weighted by atomic mass is 19.1. The second-order valence-electron chi connectivity index (χ2n) is 4.52. The number of nitrogens with zero attached hydrogens (tertiary/aromatic N) is 1. The Morgan fingerprint density at radius 3 is 2.60 bits per heavy atom. The van der Waals surface area contributed by atoms with Gasteiger partial charge in [0.2, 0.25) is 0 Å². The van der Waals surface area contributed by atoms with E-state index in [1.165, 1.54) is 6.07 Å². The van der Waals surface area contributed by atoms with Gasteiger partial charge in [-0.25, -0.2) is 4.39 Å². The minimum absolute atomic E-state index is 0.0641. The first-order valence-electron chi connectivity index (χ1n) is 6.17. The van der Waals surface area contributed by atoms with Crippen molar-refractivity contribution in [1.29, 1.82) is 0 Å². The van der Waals surface area contributed by atoms with Crippen LogP contribution in [-0.2, 0) is 6.54 Å². The first-order chi connectivity index (χ1) is 9.60. The van der Waals surface area contributed by atoms with E-state index < -0.39 is 0 Å². The number of nitrogens with one attached hydrogen (secondary N) is 1. The molecule has 0 spiro atoms. The smallest absolute Gasteiger partial charge is 0.170 e.